The lowest BCUT2D eigenvalue weighted by Crippen LogP contribution is -2.43. The molecule has 0 unspecified atom stereocenters. The summed E-state index contributed by atoms with van der Waals surface area (Å²) in [6.45, 7) is 1.64. The van der Waals surface area contributed by atoms with Gasteiger partial charge in [-0.1, -0.05) is 17.4 Å². The zero-order valence-corrected chi connectivity index (χ0v) is 12.1. The molecule has 112 valence electrons. The molecule has 1 aromatic heterocycles. The third kappa shape index (κ3) is 3.89. The molecule has 0 saturated heterocycles. The number of benzene rings is 1. The van der Waals surface area contributed by atoms with E-state index in [0.717, 1.165) is 15.8 Å². The highest BCUT2D eigenvalue weighted by atomic mass is 32.1. The number of carbonyl (C=O) groups excluding carboxylic acids is 1. The first-order valence-electron chi connectivity index (χ1n) is 6.28. The first-order chi connectivity index (χ1) is 9.99. The summed E-state index contributed by atoms with van der Waals surface area (Å²) in [5.41, 5.74) is 1.86. The monoisotopic (exact) mass is 309 g/mol. The molecule has 7 nitrogen and oxygen atoms in total. The maximum absolute atomic E-state index is 11.7. The fourth-order valence-corrected chi connectivity index (χ4v) is 2.72. The lowest BCUT2D eigenvalue weighted by molar-refractivity contribution is -0.139. The van der Waals surface area contributed by atoms with Gasteiger partial charge >= 0.3 is 12.0 Å². The van der Waals surface area contributed by atoms with E-state index in [1.807, 2.05) is 25.1 Å². The summed E-state index contributed by atoms with van der Waals surface area (Å²) >= 11 is 1.31. The smallest absolute Gasteiger partial charge is 0.326 e. The molecule has 2 rings (SSSR count). The minimum Gasteiger partial charge on any atom is -0.480 e. The number of aliphatic carboxylic acids is 1. The number of thiazole rings is 1. The van der Waals surface area contributed by atoms with Crippen LogP contribution < -0.4 is 10.6 Å². The van der Waals surface area contributed by atoms with E-state index in [9.17, 15) is 9.59 Å². The molecule has 8 heteroatoms. The van der Waals surface area contributed by atoms with Crippen molar-refractivity contribution in [1.29, 1.82) is 0 Å². The van der Waals surface area contributed by atoms with Crippen LogP contribution in [-0.2, 0) is 4.79 Å². The van der Waals surface area contributed by atoms with E-state index in [1.54, 1.807) is 0 Å². The van der Waals surface area contributed by atoms with Crippen molar-refractivity contribution in [2.24, 2.45) is 0 Å². The number of nitrogens with one attached hydrogen (secondary N) is 2. The van der Waals surface area contributed by atoms with E-state index in [0.29, 0.717) is 5.13 Å². The molecule has 0 spiro atoms. The molecule has 4 N–H and O–H groups in total. The van der Waals surface area contributed by atoms with Crippen LogP contribution in [-0.4, -0.2) is 39.8 Å². The summed E-state index contributed by atoms with van der Waals surface area (Å²) in [5.74, 6) is -1.20. The number of urea groups is 1. The predicted octanol–water partition coefficient (Wildman–Crippen LogP) is 1.56. The zero-order chi connectivity index (χ0) is 15.4. The third-order valence-corrected chi connectivity index (χ3v) is 3.72. The highest BCUT2D eigenvalue weighted by Gasteiger charge is 2.19. The Kier molecular flexibility index (Phi) is 4.71. The number of aromatic nitrogens is 1. The number of rotatable bonds is 5. The number of aliphatic hydroxyl groups is 1. The van der Waals surface area contributed by atoms with Crippen LogP contribution in [0.5, 0.6) is 0 Å². The van der Waals surface area contributed by atoms with Gasteiger partial charge in [-0.05, 0) is 24.6 Å². The summed E-state index contributed by atoms with van der Waals surface area (Å²) in [4.78, 5) is 26.9. The second-order valence-electron chi connectivity index (χ2n) is 4.49. The van der Waals surface area contributed by atoms with Gasteiger partial charge in [-0.25, -0.2) is 14.6 Å². The van der Waals surface area contributed by atoms with E-state index in [4.69, 9.17) is 10.2 Å². The average Bonchev–Trinajstić information content (AvgIpc) is 2.79. The van der Waals surface area contributed by atoms with Crippen molar-refractivity contribution < 1.29 is 19.8 Å². The lowest BCUT2D eigenvalue weighted by Gasteiger charge is -2.12. The van der Waals surface area contributed by atoms with Crippen LogP contribution in [0.4, 0.5) is 9.93 Å². The molecule has 0 radical (unpaired) electrons. The van der Waals surface area contributed by atoms with Crippen LogP contribution in [0.15, 0.2) is 18.2 Å². The number of aliphatic hydroxyl groups excluding tert-OH is 1. The van der Waals surface area contributed by atoms with Crippen molar-refractivity contribution in [3.05, 3.63) is 23.8 Å². The summed E-state index contributed by atoms with van der Waals surface area (Å²) in [6, 6.07) is 3.95. The Bertz CT molecular complexity index is 670. The first kappa shape index (κ1) is 15.2. The topological polar surface area (TPSA) is 112 Å². The summed E-state index contributed by atoms with van der Waals surface area (Å²) < 4.78 is 0.940. The van der Waals surface area contributed by atoms with Crippen LogP contribution in [0, 0.1) is 6.92 Å². The molecule has 1 heterocycles. The fraction of sp³-hybridized carbons (Fsp3) is 0.308. The quantitative estimate of drug-likeness (QED) is 0.670. The maximum Gasteiger partial charge on any atom is 0.326 e. The number of amides is 2. The van der Waals surface area contributed by atoms with E-state index >= 15 is 0 Å². The molecule has 0 fully saturated rings. The zero-order valence-electron chi connectivity index (χ0n) is 11.3. The minimum atomic E-state index is -1.20. The van der Waals surface area contributed by atoms with Crippen molar-refractivity contribution in [1.82, 2.24) is 10.3 Å². The number of carboxylic acid groups (broad SMARTS) is 1. The SMILES string of the molecule is Cc1ccc2nc(NC(=O)N[C@@H](CCO)C(=O)O)sc2c1. The van der Waals surface area contributed by atoms with E-state index in [2.05, 4.69) is 15.6 Å². The maximum atomic E-state index is 11.7. The molecule has 1 aromatic carbocycles. The van der Waals surface area contributed by atoms with Gasteiger partial charge < -0.3 is 15.5 Å². The molecule has 2 aromatic rings. The Morgan fingerprint density at radius 3 is 2.86 bits per heavy atom. The van der Waals surface area contributed by atoms with Crippen LogP contribution >= 0.6 is 11.3 Å². The Balaban J connectivity index is 2.05. The molecule has 1 atom stereocenters. The number of hydrogen-bond acceptors (Lipinski definition) is 5. The van der Waals surface area contributed by atoms with Crippen molar-refractivity contribution in [3.63, 3.8) is 0 Å². The summed E-state index contributed by atoms with van der Waals surface area (Å²) in [6.07, 6.45) is -0.0538. The van der Waals surface area contributed by atoms with Gasteiger partial charge in [0.25, 0.3) is 0 Å². The largest absolute Gasteiger partial charge is 0.480 e. The molecule has 0 aliphatic heterocycles. The van der Waals surface area contributed by atoms with Gasteiger partial charge in [0.05, 0.1) is 10.2 Å². The van der Waals surface area contributed by atoms with Crippen LogP contribution in [0.1, 0.15) is 12.0 Å². The van der Waals surface area contributed by atoms with Crippen molar-refractivity contribution in [2.45, 2.75) is 19.4 Å². The molecular formula is C13H15N3O4S. The number of anilines is 1. The van der Waals surface area contributed by atoms with Crippen molar-refractivity contribution >= 4 is 38.7 Å². The van der Waals surface area contributed by atoms with Gasteiger partial charge in [-0.2, -0.15) is 0 Å². The van der Waals surface area contributed by atoms with Gasteiger partial charge in [0, 0.05) is 13.0 Å². The van der Waals surface area contributed by atoms with Crippen molar-refractivity contribution in [2.75, 3.05) is 11.9 Å². The molecule has 0 aliphatic rings. The molecule has 2 amide bonds. The number of aryl methyl sites for hydroxylation is 1. The highest BCUT2D eigenvalue weighted by Crippen LogP contribution is 2.26. The third-order valence-electron chi connectivity index (χ3n) is 2.79. The Morgan fingerprint density at radius 2 is 2.19 bits per heavy atom. The standard InChI is InChI=1S/C13H15N3O4S/c1-7-2-3-8-10(6-7)21-13(15-8)16-12(20)14-9(4-5-17)11(18)19/h2-3,6,9,17H,4-5H2,1H3,(H,18,19)(H2,14,15,16,20)/t9-/m0/s1. The second-order valence-corrected chi connectivity index (χ2v) is 5.52. The number of carboxylic acids is 1. The summed E-state index contributed by atoms with van der Waals surface area (Å²) in [5, 5.41) is 22.8. The fourth-order valence-electron chi connectivity index (χ4n) is 1.76. The second kappa shape index (κ2) is 6.51. The van der Waals surface area contributed by atoms with Crippen LogP contribution in [0.2, 0.25) is 0 Å². The van der Waals surface area contributed by atoms with Gasteiger partial charge in [-0.15, -0.1) is 0 Å². The minimum absolute atomic E-state index is 0.0538. The van der Waals surface area contributed by atoms with Gasteiger partial charge in [0.1, 0.15) is 6.04 Å². The average molecular weight is 309 g/mol. The van der Waals surface area contributed by atoms with E-state index < -0.39 is 18.0 Å². The number of fused-ring (bicyclic) bond motifs is 1. The molecule has 0 aliphatic carbocycles. The first-order valence-corrected chi connectivity index (χ1v) is 7.09. The Hall–Kier alpha value is -2.19. The molecule has 0 bridgehead atoms. The highest BCUT2D eigenvalue weighted by molar-refractivity contribution is 7.22. The van der Waals surface area contributed by atoms with Crippen molar-refractivity contribution in [3.8, 4) is 0 Å². The van der Waals surface area contributed by atoms with E-state index in [1.165, 1.54) is 11.3 Å². The van der Waals surface area contributed by atoms with Crippen LogP contribution in [0.25, 0.3) is 10.2 Å². The normalized spacial score (nSPS) is 12.1. The molecule has 0 saturated carbocycles. The van der Waals surface area contributed by atoms with Gasteiger partial charge in [0.15, 0.2) is 5.13 Å². The van der Waals surface area contributed by atoms with Gasteiger partial charge in [0.2, 0.25) is 0 Å². The molecular weight excluding hydrogens is 294 g/mol. The predicted molar refractivity (Wildman–Crippen MR) is 79.6 cm³/mol. The van der Waals surface area contributed by atoms with Gasteiger partial charge in [-0.3, -0.25) is 5.32 Å². The Morgan fingerprint density at radius 1 is 1.43 bits per heavy atom. The Labute approximate surface area is 124 Å². The molecule has 21 heavy (non-hydrogen) atoms. The summed E-state index contributed by atoms with van der Waals surface area (Å²) in [7, 11) is 0. The number of hydrogen-bond donors (Lipinski definition) is 4. The number of carbonyl (C=O) groups is 2. The lowest BCUT2D eigenvalue weighted by atomic mass is 10.2. The number of nitrogens with zero attached hydrogens (tertiary/aromatic N) is 1. The van der Waals surface area contributed by atoms with Crippen LogP contribution in [0.3, 0.4) is 0 Å². The van der Waals surface area contributed by atoms with E-state index in [-0.39, 0.29) is 13.0 Å².